The summed E-state index contributed by atoms with van der Waals surface area (Å²) in [5, 5.41) is 11.8. The molecular weight excluding hydrogens is 194 g/mol. The molecular formula is C10H15N3O2. The number of anilines is 1. The average Bonchev–Trinajstić information content (AvgIpc) is 2.25. The fraction of sp³-hybridized carbons (Fsp3) is 0.500. The number of hydrogen-bond acceptors (Lipinski definition) is 4. The van der Waals surface area contributed by atoms with Crippen LogP contribution in [0, 0.1) is 0 Å². The van der Waals surface area contributed by atoms with Crippen LogP contribution in [0.2, 0.25) is 0 Å². The molecule has 0 fully saturated rings. The summed E-state index contributed by atoms with van der Waals surface area (Å²) in [4.78, 5) is 18.7. The van der Waals surface area contributed by atoms with E-state index in [1.54, 1.807) is 6.20 Å². The van der Waals surface area contributed by atoms with Crippen LogP contribution in [0.1, 0.15) is 26.2 Å². The lowest BCUT2D eigenvalue weighted by Crippen LogP contribution is -2.29. The van der Waals surface area contributed by atoms with Crippen molar-refractivity contribution in [2.45, 2.75) is 32.2 Å². The second kappa shape index (κ2) is 5.95. The Morgan fingerprint density at radius 2 is 2.40 bits per heavy atom. The molecule has 0 amide bonds. The van der Waals surface area contributed by atoms with Crippen molar-refractivity contribution in [2.24, 2.45) is 0 Å². The Kier molecular flexibility index (Phi) is 4.53. The van der Waals surface area contributed by atoms with Crippen molar-refractivity contribution in [2.75, 3.05) is 5.32 Å². The van der Waals surface area contributed by atoms with Crippen LogP contribution in [0.15, 0.2) is 18.6 Å². The summed E-state index contributed by atoms with van der Waals surface area (Å²) >= 11 is 0. The van der Waals surface area contributed by atoms with Crippen LogP contribution in [-0.4, -0.2) is 27.1 Å². The minimum Gasteiger partial charge on any atom is -0.480 e. The molecule has 15 heavy (non-hydrogen) atoms. The summed E-state index contributed by atoms with van der Waals surface area (Å²) in [7, 11) is 0. The number of nitrogens with zero attached hydrogens (tertiary/aromatic N) is 2. The molecule has 0 aliphatic carbocycles. The summed E-state index contributed by atoms with van der Waals surface area (Å²) in [6, 6.07) is -0.582. The van der Waals surface area contributed by atoms with E-state index in [0.717, 1.165) is 12.8 Å². The molecule has 1 rings (SSSR count). The number of carboxylic acid groups (broad SMARTS) is 1. The molecule has 1 heterocycles. The molecule has 0 bridgehead atoms. The highest BCUT2D eigenvalue weighted by atomic mass is 16.4. The third kappa shape index (κ3) is 3.93. The lowest BCUT2D eigenvalue weighted by Gasteiger charge is -2.13. The maximum atomic E-state index is 10.9. The molecule has 0 spiro atoms. The monoisotopic (exact) mass is 209 g/mol. The molecule has 5 heteroatoms. The van der Waals surface area contributed by atoms with Crippen molar-refractivity contribution in [3.63, 3.8) is 0 Å². The van der Waals surface area contributed by atoms with E-state index >= 15 is 0 Å². The molecule has 0 aliphatic rings. The molecule has 0 aromatic carbocycles. The molecule has 1 aromatic heterocycles. The zero-order chi connectivity index (χ0) is 11.1. The number of unbranched alkanes of at least 4 members (excludes halogenated alkanes) is 1. The highest BCUT2D eigenvalue weighted by molar-refractivity contribution is 5.76. The van der Waals surface area contributed by atoms with Crippen LogP contribution in [0.4, 0.5) is 5.82 Å². The van der Waals surface area contributed by atoms with E-state index in [9.17, 15) is 4.79 Å². The van der Waals surface area contributed by atoms with Crippen LogP contribution in [0.3, 0.4) is 0 Å². The summed E-state index contributed by atoms with van der Waals surface area (Å²) in [5.74, 6) is -0.352. The Morgan fingerprint density at radius 1 is 1.60 bits per heavy atom. The molecule has 82 valence electrons. The zero-order valence-corrected chi connectivity index (χ0v) is 8.68. The SMILES string of the molecule is CCCCC(Nc1cnccn1)C(=O)O. The van der Waals surface area contributed by atoms with Gasteiger partial charge in [0.2, 0.25) is 0 Å². The predicted molar refractivity (Wildman–Crippen MR) is 56.6 cm³/mol. The first-order chi connectivity index (χ1) is 7.24. The first-order valence-electron chi connectivity index (χ1n) is 4.99. The first-order valence-corrected chi connectivity index (χ1v) is 4.99. The standard InChI is InChI=1S/C10H15N3O2/c1-2-3-4-8(10(14)15)13-9-7-11-5-6-12-9/h5-8H,2-4H2,1H3,(H,12,13)(H,14,15). The van der Waals surface area contributed by atoms with Gasteiger partial charge in [-0.25, -0.2) is 9.78 Å². The molecule has 5 nitrogen and oxygen atoms in total. The predicted octanol–water partition coefficient (Wildman–Crippen LogP) is 1.53. The maximum absolute atomic E-state index is 10.9. The topological polar surface area (TPSA) is 75.1 Å². The smallest absolute Gasteiger partial charge is 0.326 e. The van der Waals surface area contributed by atoms with E-state index in [4.69, 9.17) is 5.11 Å². The number of hydrogen-bond donors (Lipinski definition) is 2. The lowest BCUT2D eigenvalue weighted by atomic mass is 10.1. The van der Waals surface area contributed by atoms with Gasteiger partial charge in [-0.1, -0.05) is 19.8 Å². The van der Waals surface area contributed by atoms with Crippen molar-refractivity contribution in [3.05, 3.63) is 18.6 Å². The van der Waals surface area contributed by atoms with Crippen molar-refractivity contribution in [1.29, 1.82) is 0 Å². The van der Waals surface area contributed by atoms with Gasteiger partial charge < -0.3 is 10.4 Å². The van der Waals surface area contributed by atoms with Crippen molar-refractivity contribution >= 4 is 11.8 Å². The molecule has 1 atom stereocenters. The Balaban J connectivity index is 2.55. The van der Waals surface area contributed by atoms with Crippen LogP contribution in [-0.2, 0) is 4.79 Å². The number of nitrogens with one attached hydrogen (secondary N) is 1. The van der Waals surface area contributed by atoms with E-state index in [1.807, 2.05) is 6.92 Å². The molecule has 0 saturated carbocycles. The fourth-order valence-electron chi connectivity index (χ4n) is 1.22. The Morgan fingerprint density at radius 3 is 2.93 bits per heavy atom. The highest BCUT2D eigenvalue weighted by Crippen LogP contribution is 2.07. The Hall–Kier alpha value is -1.65. The van der Waals surface area contributed by atoms with Gasteiger partial charge in [-0.2, -0.15) is 0 Å². The number of aromatic nitrogens is 2. The molecule has 0 saturated heterocycles. The molecule has 1 aromatic rings. The Labute approximate surface area is 88.6 Å². The van der Waals surface area contributed by atoms with Crippen molar-refractivity contribution in [1.82, 2.24) is 9.97 Å². The van der Waals surface area contributed by atoms with E-state index in [-0.39, 0.29) is 0 Å². The third-order valence-electron chi connectivity index (χ3n) is 2.03. The van der Waals surface area contributed by atoms with Gasteiger partial charge in [0.15, 0.2) is 0 Å². The van der Waals surface area contributed by atoms with Gasteiger partial charge in [-0.3, -0.25) is 4.98 Å². The summed E-state index contributed by atoms with van der Waals surface area (Å²) < 4.78 is 0. The normalized spacial score (nSPS) is 12.1. The number of aliphatic carboxylic acids is 1. The molecule has 0 aliphatic heterocycles. The van der Waals surface area contributed by atoms with Gasteiger partial charge in [0.05, 0.1) is 6.20 Å². The first kappa shape index (κ1) is 11.4. The van der Waals surface area contributed by atoms with E-state index in [2.05, 4.69) is 15.3 Å². The number of carbonyl (C=O) groups is 1. The van der Waals surface area contributed by atoms with Crippen LogP contribution < -0.4 is 5.32 Å². The lowest BCUT2D eigenvalue weighted by molar-refractivity contribution is -0.138. The van der Waals surface area contributed by atoms with Gasteiger partial charge in [-0.15, -0.1) is 0 Å². The van der Waals surface area contributed by atoms with Gasteiger partial charge in [0, 0.05) is 12.4 Å². The van der Waals surface area contributed by atoms with E-state index in [0.29, 0.717) is 12.2 Å². The minimum absolute atomic E-state index is 0.501. The summed E-state index contributed by atoms with van der Waals surface area (Å²) in [5.41, 5.74) is 0. The number of carboxylic acids is 1. The second-order valence-corrected chi connectivity index (χ2v) is 3.27. The van der Waals surface area contributed by atoms with Gasteiger partial charge in [0.25, 0.3) is 0 Å². The highest BCUT2D eigenvalue weighted by Gasteiger charge is 2.16. The molecule has 2 N–H and O–H groups in total. The van der Waals surface area contributed by atoms with Crippen LogP contribution in [0.5, 0.6) is 0 Å². The van der Waals surface area contributed by atoms with Crippen molar-refractivity contribution in [3.8, 4) is 0 Å². The summed E-state index contributed by atoms with van der Waals surface area (Å²) in [6.45, 7) is 2.03. The quantitative estimate of drug-likeness (QED) is 0.743. The largest absolute Gasteiger partial charge is 0.480 e. The van der Waals surface area contributed by atoms with Crippen LogP contribution >= 0.6 is 0 Å². The van der Waals surface area contributed by atoms with Crippen LogP contribution in [0.25, 0.3) is 0 Å². The minimum atomic E-state index is -0.853. The summed E-state index contributed by atoms with van der Waals surface area (Å²) in [6.07, 6.45) is 7.05. The third-order valence-corrected chi connectivity index (χ3v) is 2.03. The van der Waals surface area contributed by atoms with E-state index < -0.39 is 12.0 Å². The Bertz CT molecular complexity index is 303. The zero-order valence-electron chi connectivity index (χ0n) is 8.68. The maximum Gasteiger partial charge on any atom is 0.326 e. The van der Waals surface area contributed by atoms with Crippen molar-refractivity contribution < 1.29 is 9.90 Å². The van der Waals surface area contributed by atoms with Gasteiger partial charge >= 0.3 is 5.97 Å². The van der Waals surface area contributed by atoms with Gasteiger partial charge in [0.1, 0.15) is 11.9 Å². The second-order valence-electron chi connectivity index (χ2n) is 3.27. The number of rotatable bonds is 6. The molecule has 1 unspecified atom stereocenters. The van der Waals surface area contributed by atoms with Gasteiger partial charge in [-0.05, 0) is 6.42 Å². The average molecular weight is 209 g/mol. The van der Waals surface area contributed by atoms with E-state index in [1.165, 1.54) is 12.4 Å². The molecule has 0 radical (unpaired) electrons. The fourth-order valence-corrected chi connectivity index (χ4v) is 1.22.